The number of benzene rings is 1. The number of nitrogens with one attached hydrogen (secondary N) is 2. The average molecular weight is 287 g/mol. The van der Waals surface area contributed by atoms with Crippen LogP contribution in [0.15, 0.2) is 18.2 Å². The van der Waals surface area contributed by atoms with Crippen molar-refractivity contribution in [1.29, 1.82) is 0 Å². The molecule has 6 heteroatoms. The normalized spacial score (nSPS) is 11.8. The maximum Gasteiger partial charge on any atom is 0.319 e. The molecule has 5 nitrogen and oxygen atoms in total. The van der Waals surface area contributed by atoms with E-state index in [9.17, 15) is 9.90 Å². The van der Waals surface area contributed by atoms with Crippen LogP contribution in [0.4, 0.5) is 10.5 Å². The number of carbonyl (C=O) groups is 1. The molecule has 0 aliphatic heterocycles. The number of carbonyl (C=O) groups excluding carboxylic acids is 1. The molecule has 0 radical (unpaired) electrons. The van der Waals surface area contributed by atoms with Gasteiger partial charge in [0.25, 0.3) is 0 Å². The number of halogens is 1. The quantitative estimate of drug-likeness (QED) is 0.753. The van der Waals surface area contributed by atoms with Gasteiger partial charge in [0.1, 0.15) is 5.75 Å². The second-order valence-corrected chi connectivity index (χ2v) is 4.49. The highest BCUT2D eigenvalue weighted by molar-refractivity contribution is 6.32. The number of ether oxygens (including phenoxy) is 1. The molecule has 0 bridgehead atoms. The zero-order valence-corrected chi connectivity index (χ0v) is 11.8. The summed E-state index contributed by atoms with van der Waals surface area (Å²) in [5.74, 6) is 0.554. The van der Waals surface area contributed by atoms with Crippen molar-refractivity contribution < 1.29 is 14.6 Å². The number of aliphatic hydroxyl groups is 1. The van der Waals surface area contributed by atoms with E-state index in [4.69, 9.17) is 16.3 Å². The third-order valence-corrected chi connectivity index (χ3v) is 2.94. The maximum atomic E-state index is 11.6. The van der Waals surface area contributed by atoms with Gasteiger partial charge in [0.2, 0.25) is 0 Å². The summed E-state index contributed by atoms with van der Waals surface area (Å²) in [7, 11) is 1.53. The number of rotatable bonds is 6. The highest BCUT2D eigenvalue weighted by Gasteiger charge is 2.06. The van der Waals surface area contributed by atoms with Gasteiger partial charge in [0.05, 0.1) is 18.2 Å². The molecule has 1 aromatic carbocycles. The fourth-order valence-electron chi connectivity index (χ4n) is 1.48. The Morgan fingerprint density at radius 1 is 1.53 bits per heavy atom. The lowest BCUT2D eigenvalue weighted by molar-refractivity contribution is 0.160. The number of urea groups is 1. The van der Waals surface area contributed by atoms with Crippen LogP contribution in [0.2, 0.25) is 5.02 Å². The number of hydrogen-bond donors (Lipinski definition) is 3. The molecular formula is C13H19ClN2O3. The predicted octanol–water partition coefficient (Wildman–Crippen LogP) is 2.63. The summed E-state index contributed by atoms with van der Waals surface area (Å²) in [6, 6.07) is 4.66. The van der Waals surface area contributed by atoms with Crippen LogP contribution >= 0.6 is 11.6 Å². The van der Waals surface area contributed by atoms with Crippen LogP contribution in [0, 0.1) is 0 Å². The molecule has 0 aliphatic carbocycles. The molecule has 0 fully saturated rings. The third-order valence-electron chi connectivity index (χ3n) is 2.64. The van der Waals surface area contributed by atoms with E-state index in [1.54, 1.807) is 18.2 Å². The zero-order chi connectivity index (χ0) is 14.3. The van der Waals surface area contributed by atoms with Crippen LogP contribution in [0.25, 0.3) is 0 Å². The van der Waals surface area contributed by atoms with E-state index >= 15 is 0 Å². The Bertz CT molecular complexity index is 426. The van der Waals surface area contributed by atoms with E-state index < -0.39 is 0 Å². The van der Waals surface area contributed by atoms with Crippen molar-refractivity contribution in [3.8, 4) is 5.75 Å². The molecule has 0 aromatic heterocycles. The van der Waals surface area contributed by atoms with Crippen LogP contribution in [0.1, 0.15) is 19.8 Å². The Morgan fingerprint density at radius 2 is 2.26 bits per heavy atom. The van der Waals surface area contributed by atoms with Crippen LogP contribution in [-0.4, -0.2) is 30.9 Å². The number of methoxy groups -OCH3 is 1. The van der Waals surface area contributed by atoms with E-state index in [-0.39, 0.29) is 12.1 Å². The lowest BCUT2D eigenvalue weighted by Gasteiger charge is -2.11. The summed E-state index contributed by atoms with van der Waals surface area (Å²) >= 11 is 5.95. The number of amides is 2. The first-order chi connectivity index (χ1) is 9.06. The molecule has 1 unspecified atom stereocenters. The second-order valence-electron chi connectivity index (χ2n) is 4.08. The van der Waals surface area contributed by atoms with Crippen LogP contribution in [-0.2, 0) is 0 Å². The largest absolute Gasteiger partial charge is 0.495 e. The molecule has 1 atom stereocenters. The number of hydrogen-bond acceptors (Lipinski definition) is 3. The van der Waals surface area contributed by atoms with Gasteiger partial charge >= 0.3 is 6.03 Å². The van der Waals surface area contributed by atoms with Crippen LogP contribution in [0.3, 0.4) is 0 Å². The Hall–Kier alpha value is -1.46. The first-order valence-corrected chi connectivity index (χ1v) is 6.51. The van der Waals surface area contributed by atoms with E-state index in [0.29, 0.717) is 35.8 Å². The summed E-state index contributed by atoms with van der Waals surface area (Å²) < 4.78 is 5.02. The Morgan fingerprint density at radius 3 is 2.84 bits per heavy atom. The molecule has 3 N–H and O–H groups in total. The molecule has 106 valence electrons. The maximum absolute atomic E-state index is 11.6. The minimum atomic E-state index is -0.379. The molecule has 0 heterocycles. The summed E-state index contributed by atoms with van der Waals surface area (Å²) in [5.41, 5.74) is 0.583. The molecule has 0 saturated heterocycles. The van der Waals surface area contributed by atoms with Crippen molar-refractivity contribution >= 4 is 23.3 Å². The van der Waals surface area contributed by atoms with Gasteiger partial charge in [-0.2, -0.15) is 0 Å². The lowest BCUT2D eigenvalue weighted by atomic mass is 10.2. The Balaban J connectivity index is 2.42. The van der Waals surface area contributed by atoms with Gasteiger partial charge in [-0.1, -0.05) is 18.5 Å². The van der Waals surface area contributed by atoms with E-state index in [0.717, 1.165) is 0 Å². The first kappa shape index (κ1) is 15.6. The van der Waals surface area contributed by atoms with Crippen molar-refractivity contribution in [2.75, 3.05) is 19.0 Å². The van der Waals surface area contributed by atoms with Gasteiger partial charge < -0.3 is 20.5 Å². The SMILES string of the molecule is CCC(O)CCNC(=O)Nc1ccc(OC)c(Cl)c1. The fraction of sp³-hybridized carbons (Fsp3) is 0.462. The molecule has 19 heavy (non-hydrogen) atoms. The molecule has 0 aliphatic rings. The minimum Gasteiger partial charge on any atom is -0.495 e. The Kier molecular flexibility index (Phi) is 6.45. The van der Waals surface area contributed by atoms with Gasteiger partial charge in [-0.15, -0.1) is 0 Å². The first-order valence-electron chi connectivity index (χ1n) is 6.13. The predicted molar refractivity (Wildman–Crippen MR) is 75.9 cm³/mol. The smallest absolute Gasteiger partial charge is 0.319 e. The topological polar surface area (TPSA) is 70.6 Å². The Labute approximate surface area is 117 Å². The fourth-order valence-corrected chi connectivity index (χ4v) is 1.73. The number of anilines is 1. The molecule has 2 amide bonds. The molecule has 0 saturated carbocycles. The highest BCUT2D eigenvalue weighted by atomic mass is 35.5. The van der Waals surface area contributed by atoms with Gasteiger partial charge in [0, 0.05) is 12.2 Å². The monoisotopic (exact) mass is 286 g/mol. The van der Waals surface area contributed by atoms with E-state index in [1.807, 2.05) is 6.92 Å². The van der Waals surface area contributed by atoms with Crippen molar-refractivity contribution in [3.05, 3.63) is 23.2 Å². The van der Waals surface area contributed by atoms with Gasteiger partial charge in [0.15, 0.2) is 0 Å². The highest BCUT2D eigenvalue weighted by Crippen LogP contribution is 2.27. The van der Waals surface area contributed by atoms with Crippen molar-refractivity contribution in [3.63, 3.8) is 0 Å². The summed E-state index contributed by atoms with van der Waals surface area (Å²) in [5, 5.41) is 15.1. The zero-order valence-electron chi connectivity index (χ0n) is 11.1. The van der Waals surface area contributed by atoms with E-state index in [2.05, 4.69) is 10.6 Å². The molecule has 1 rings (SSSR count). The summed E-state index contributed by atoms with van der Waals surface area (Å²) in [6.07, 6.45) is 0.834. The van der Waals surface area contributed by atoms with Gasteiger partial charge in [-0.05, 0) is 31.0 Å². The standard InChI is InChI=1S/C13H19ClN2O3/c1-3-10(17)6-7-15-13(18)16-9-4-5-12(19-2)11(14)8-9/h4-5,8,10,17H,3,6-7H2,1-2H3,(H2,15,16,18). The average Bonchev–Trinajstić information content (AvgIpc) is 2.38. The van der Waals surface area contributed by atoms with Crippen LogP contribution in [0.5, 0.6) is 5.75 Å². The third kappa shape index (κ3) is 5.36. The molecule has 1 aromatic rings. The summed E-state index contributed by atoms with van der Waals surface area (Å²) in [4.78, 5) is 11.6. The summed E-state index contributed by atoms with van der Waals surface area (Å²) in [6.45, 7) is 2.31. The van der Waals surface area contributed by atoms with E-state index in [1.165, 1.54) is 7.11 Å². The van der Waals surface area contributed by atoms with Crippen molar-refractivity contribution in [2.24, 2.45) is 0 Å². The second kappa shape index (κ2) is 7.86. The van der Waals surface area contributed by atoms with Crippen molar-refractivity contribution in [2.45, 2.75) is 25.9 Å². The van der Waals surface area contributed by atoms with Gasteiger partial charge in [-0.25, -0.2) is 4.79 Å². The number of aliphatic hydroxyl groups excluding tert-OH is 1. The van der Waals surface area contributed by atoms with Gasteiger partial charge in [-0.3, -0.25) is 0 Å². The lowest BCUT2D eigenvalue weighted by Crippen LogP contribution is -2.31. The van der Waals surface area contributed by atoms with Crippen LogP contribution < -0.4 is 15.4 Å². The van der Waals surface area contributed by atoms with Crippen molar-refractivity contribution in [1.82, 2.24) is 5.32 Å². The molecule has 0 spiro atoms. The molecular weight excluding hydrogens is 268 g/mol. The minimum absolute atomic E-state index is 0.329.